The molecule has 0 saturated carbocycles. The van der Waals surface area contributed by atoms with Crippen molar-refractivity contribution in [2.75, 3.05) is 40.8 Å². The molecule has 68 valence electrons. The Labute approximate surface area is 71.2 Å². The van der Waals surface area contributed by atoms with Gasteiger partial charge in [-0.05, 0) is 34.1 Å². The Kier molecular flexibility index (Phi) is 6.57. The number of rotatable bonds is 6. The number of likely N-dealkylation sites (N-methyl/N-ethyl adjacent to an activating group) is 2. The van der Waals surface area contributed by atoms with E-state index in [-0.39, 0.29) is 0 Å². The van der Waals surface area contributed by atoms with Crippen LogP contribution in [-0.2, 0) is 0 Å². The lowest BCUT2D eigenvalue weighted by Gasteiger charge is -2.18. The van der Waals surface area contributed by atoms with Crippen molar-refractivity contribution >= 4 is 0 Å². The first-order valence-corrected chi connectivity index (χ1v) is 4.50. The van der Waals surface area contributed by atoms with Gasteiger partial charge in [-0.1, -0.05) is 13.3 Å². The zero-order valence-electron chi connectivity index (χ0n) is 8.43. The molecule has 0 aliphatic rings. The lowest BCUT2D eigenvalue weighted by atomic mass is 10.3. The highest BCUT2D eigenvalue weighted by Gasteiger charge is 1.96. The van der Waals surface area contributed by atoms with Crippen molar-refractivity contribution in [3.05, 3.63) is 0 Å². The summed E-state index contributed by atoms with van der Waals surface area (Å²) in [7, 11) is 6.43. The van der Waals surface area contributed by atoms with E-state index in [0.29, 0.717) is 0 Å². The molecule has 0 aromatic heterocycles. The van der Waals surface area contributed by atoms with Gasteiger partial charge in [0.25, 0.3) is 0 Å². The van der Waals surface area contributed by atoms with E-state index in [1.54, 1.807) is 0 Å². The first-order chi connectivity index (χ1) is 5.16. The lowest BCUT2D eigenvalue weighted by molar-refractivity contribution is 0.279. The molecule has 0 saturated heterocycles. The van der Waals surface area contributed by atoms with Crippen LogP contribution in [0.2, 0.25) is 0 Å². The topological polar surface area (TPSA) is 6.48 Å². The summed E-state index contributed by atoms with van der Waals surface area (Å²) in [6.45, 7) is 5.83. The standard InChI is InChI=1S/C9H22N2/c1-5-6-7-11(4)9-8-10(2)3/h5-9H2,1-4H3. The van der Waals surface area contributed by atoms with Gasteiger partial charge in [-0.15, -0.1) is 0 Å². The van der Waals surface area contributed by atoms with Crippen molar-refractivity contribution in [3.63, 3.8) is 0 Å². The van der Waals surface area contributed by atoms with Gasteiger partial charge >= 0.3 is 0 Å². The molecule has 0 aromatic carbocycles. The molecule has 11 heavy (non-hydrogen) atoms. The lowest BCUT2D eigenvalue weighted by Crippen LogP contribution is -2.29. The average molecular weight is 158 g/mol. The maximum Gasteiger partial charge on any atom is 0.0106 e. The summed E-state index contributed by atoms with van der Waals surface area (Å²) >= 11 is 0. The molecular weight excluding hydrogens is 136 g/mol. The van der Waals surface area contributed by atoms with Crippen molar-refractivity contribution in [1.29, 1.82) is 0 Å². The second kappa shape index (κ2) is 6.62. The summed E-state index contributed by atoms with van der Waals surface area (Å²) in [4.78, 5) is 4.62. The summed E-state index contributed by atoms with van der Waals surface area (Å²) in [6, 6.07) is 0. The fraction of sp³-hybridized carbons (Fsp3) is 1.00. The van der Waals surface area contributed by atoms with Gasteiger partial charge in [0.15, 0.2) is 0 Å². The van der Waals surface area contributed by atoms with E-state index < -0.39 is 0 Å². The highest BCUT2D eigenvalue weighted by molar-refractivity contribution is 4.53. The highest BCUT2D eigenvalue weighted by Crippen LogP contribution is 1.90. The van der Waals surface area contributed by atoms with E-state index in [9.17, 15) is 0 Å². The van der Waals surface area contributed by atoms with Gasteiger partial charge in [0.05, 0.1) is 0 Å². The van der Waals surface area contributed by atoms with Crippen LogP contribution in [0.25, 0.3) is 0 Å². The Morgan fingerprint density at radius 2 is 1.55 bits per heavy atom. The molecule has 2 heteroatoms. The molecule has 0 bridgehead atoms. The summed E-state index contributed by atoms with van der Waals surface area (Å²) < 4.78 is 0. The number of unbranched alkanes of at least 4 members (excludes halogenated alkanes) is 1. The zero-order valence-corrected chi connectivity index (χ0v) is 8.43. The van der Waals surface area contributed by atoms with Crippen LogP contribution in [0.5, 0.6) is 0 Å². The second-order valence-electron chi connectivity index (χ2n) is 3.46. The van der Waals surface area contributed by atoms with E-state index in [2.05, 4.69) is 37.9 Å². The molecule has 0 amide bonds. The largest absolute Gasteiger partial charge is 0.308 e. The minimum Gasteiger partial charge on any atom is -0.308 e. The van der Waals surface area contributed by atoms with Gasteiger partial charge in [-0.3, -0.25) is 0 Å². The van der Waals surface area contributed by atoms with Crippen molar-refractivity contribution in [3.8, 4) is 0 Å². The molecule has 0 spiro atoms. The fourth-order valence-electron chi connectivity index (χ4n) is 0.911. The minimum absolute atomic E-state index is 1.17. The normalized spacial score (nSPS) is 11.5. The molecule has 0 aliphatic heterocycles. The van der Waals surface area contributed by atoms with Gasteiger partial charge in [-0.25, -0.2) is 0 Å². The van der Waals surface area contributed by atoms with Crippen molar-refractivity contribution in [1.82, 2.24) is 9.80 Å². The van der Waals surface area contributed by atoms with Crippen LogP contribution in [-0.4, -0.2) is 50.6 Å². The van der Waals surface area contributed by atoms with Crippen LogP contribution in [0.1, 0.15) is 19.8 Å². The SMILES string of the molecule is CCCCN(C)CCN(C)C. The Morgan fingerprint density at radius 1 is 0.909 bits per heavy atom. The Morgan fingerprint density at radius 3 is 2.00 bits per heavy atom. The van der Waals surface area contributed by atoms with Crippen molar-refractivity contribution in [2.24, 2.45) is 0 Å². The molecule has 0 heterocycles. The minimum atomic E-state index is 1.17. The smallest absolute Gasteiger partial charge is 0.0106 e. The van der Waals surface area contributed by atoms with Gasteiger partial charge in [0.1, 0.15) is 0 Å². The molecular formula is C9H22N2. The molecule has 0 fully saturated rings. The van der Waals surface area contributed by atoms with E-state index in [1.807, 2.05) is 0 Å². The van der Waals surface area contributed by atoms with Gasteiger partial charge < -0.3 is 9.80 Å². The Bertz CT molecular complexity index is 81.6. The third-order valence-corrected chi connectivity index (χ3v) is 1.82. The van der Waals surface area contributed by atoms with Crippen LogP contribution in [0.4, 0.5) is 0 Å². The summed E-state index contributed by atoms with van der Waals surface area (Å²) in [6.07, 6.45) is 2.62. The molecule has 0 aliphatic carbocycles. The summed E-state index contributed by atoms with van der Waals surface area (Å²) in [5.74, 6) is 0. The zero-order chi connectivity index (χ0) is 8.69. The van der Waals surface area contributed by atoms with E-state index in [4.69, 9.17) is 0 Å². The first-order valence-electron chi connectivity index (χ1n) is 4.50. The molecule has 0 N–H and O–H groups in total. The van der Waals surface area contributed by atoms with Crippen molar-refractivity contribution in [2.45, 2.75) is 19.8 Å². The Balaban J connectivity index is 3.15. The summed E-state index contributed by atoms with van der Waals surface area (Å²) in [5, 5.41) is 0. The molecule has 0 aromatic rings. The van der Waals surface area contributed by atoms with Crippen LogP contribution in [0, 0.1) is 0 Å². The Hall–Kier alpha value is -0.0800. The average Bonchev–Trinajstić information content (AvgIpc) is 1.97. The first kappa shape index (κ1) is 10.9. The van der Waals surface area contributed by atoms with E-state index >= 15 is 0 Å². The molecule has 2 nitrogen and oxygen atoms in total. The molecule has 0 rings (SSSR count). The predicted molar refractivity (Wildman–Crippen MR) is 51.0 cm³/mol. The predicted octanol–water partition coefficient (Wildman–Crippen LogP) is 1.28. The number of hydrogen-bond acceptors (Lipinski definition) is 2. The van der Waals surface area contributed by atoms with Crippen molar-refractivity contribution < 1.29 is 0 Å². The van der Waals surface area contributed by atoms with E-state index in [0.717, 1.165) is 0 Å². The van der Waals surface area contributed by atoms with Crippen LogP contribution >= 0.6 is 0 Å². The van der Waals surface area contributed by atoms with Crippen LogP contribution in [0.15, 0.2) is 0 Å². The number of hydrogen-bond donors (Lipinski definition) is 0. The molecule has 0 atom stereocenters. The third kappa shape index (κ3) is 7.82. The molecule has 0 unspecified atom stereocenters. The van der Waals surface area contributed by atoms with Gasteiger partial charge in [0, 0.05) is 13.1 Å². The fourth-order valence-corrected chi connectivity index (χ4v) is 0.911. The van der Waals surface area contributed by atoms with E-state index in [1.165, 1.54) is 32.5 Å². The highest BCUT2D eigenvalue weighted by atomic mass is 15.1. The van der Waals surface area contributed by atoms with Crippen LogP contribution < -0.4 is 0 Å². The maximum absolute atomic E-state index is 2.39. The van der Waals surface area contributed by atoms with Gasteiger partial charge in [0.2, 0.25) is 0 Å². The third-order valence-electron chi connectivity index (χ3n) is 1.82. The van der Waals surface area contributed by atoms with Crippen LogP contribution in [0.3, 0.4) is 0 Å². The maximum atomic E-state index is 2.39. The monoisotopic (exact) mass is 158 g/mol. The second-order valence-corrected chi connectivity index (χ2v) is 3.46. The summed E-state index contributed by atoms with van der Waals surface area (Å²) in [5.41, 5.74) is 0. The molecule has 0 radical (unpaired) electrons. The number of nitrogens with zero attached hydrogens (tertiary/aromatic N) is 2. The quantitative estimate of drug-likeness (QED) is 0.574. The van der Waals surface area contributed by atoms with Gasteiger partial charge in [-0.2, -0.15) is 0 Å².